The molecule has 0 aliphatic heterocycles. The van der Waals surface area contributed by atoms with E-state index < -0.39 is 0 Å². The Labute approximate surface area is 117 Å². The molecule has 2 rings (SSSR count). The third-order valence-corrected chi connectivity index (χ3v) is 3.19. The average molecular weight is 278 g/mol. The summed E-state index contributed by atoms with van der Waals surface area (Å²) in [5.41, 5.74) is 1.86. The van der Waals surface area contributed by atoms with E-state index in [1.807, 2.05) is 24.3 Å². The molecule has 19 heavy (non-hydrogen) atoms. The van der Waals surface area contributed by atoms with Gasteiger partial charge in [0.2, 0.25) is 5.88 Å². The zero-order chi connectivity index (χ0) is 13.8. The van der Waals surface area contributed by atoms with Crippen LogP contribution >= 0.6 is 11.6 Å². The Bertz CT molecular complexity index is 553. The van der Waals surface area contributed by atoms with E-state index in [1.165, 1.54) is 11.8 Å². The first-order chi connectivity index (χ1) is 9.10. The van der Waals surface area contributed by atoms with Crippen molar-refractivity contribution in [1.29, 1.82) is 0 Å². The lowest BCUT2D eigenvalue weighted by Gasteiger charge is -2.09. The quantitative estimate of drug-likeness (QED) is 0.913. The molecule has 1 heterocycles. The van der Waals surface area contributed by atoms with Gasteiger partial charge >= 0.3 is 0 Å². The van der Waals surface area contributed by atoms with Gasteiger partial charge in [0, 0.05) is 17.8 Å². The Hall–Kier alpha value is -1.58. The van der Waals surface area contributed by atoms with E-state index in [4.69, 9.17) is 21.4 Å². The van der Waals surface area contributed by atoms with Gasteiger partial charge in [-0.25, -0.2) is 4.98 Å². The van der Waals surface area contributed by atoms with E-state index in [2.05, 4.69) is 18.8 Å². The van der Waals surface area contributed by atoms with E-state index in [0.29, 0.717) is 28.1 Å². The van der Waals surface area contributed by atoms with Crippen molar-refractivity contribution in [2.24, 2.45) is 0 Å². The van der Waals surface area contributed by atoms with Gasteiger partial charge in [-0.15, -0.1) is 0 Å². The fraction of sp³-hybridized carbons (Fsp3) is 0.267. The molecule has 3 nitrogen and oxygen atoms in total. The fourth-order valence-corrected chi connectivity index (χ4v) is 1.84. The molecule has 0 bridgehead atoms. The summed E-state index contributed by atoms with van der Waals surface area (Å²) in [5.74, 6) is 1.62. The average Bonchev–Trinajstić information content (AvgIpc) is 2.41. The van der Waals surface area contributed by atoms with Gasteiger partial charge in [-0.3, -0.25) is 0 Å². The molecular weight excluding hydrogens is 262 g/mol. The number of nitrogens with zero attached hydrogens (tertiary/aromatic N) is 1. The SMILES string of the molecule is CC(C)c1ccc(Oc2cc(CO)c(Cl)cn2)cc1. The molecule has 0 saturated carbocycles. The highest BCUT2D eigenvalue weighted by molar-refractivity contribution is 6.31. The predicted octanol–water partition coefficient (Wildman–Crippen LogP) is 4.14. The predicted molar refractivity (Wildman–Crippen MR) is 75.8 cm³/mol. The molecule has 1 N–H and O–H groups in total. The number of aromatic nitrogens is 1. The summed E-state index contributed by atoms with van der Waals surface area (Å²) in [6.45, 7) is 4.15. The van der Waals surface area contributed by atoms with Crippen LogP contribution in [0.2, 0.25) is 5.02 Å². The standard InChI is InChI=1S/C15H16ClNO2/c1-10(2)11-3-5-13(6-4-11)19-15-7-12(9-18)14(16)8-17-15/h3-8,10,18H,9H2,1-2H3. The second kappa shape index (κ2) is 6.04. The third kappa shape index (κ3) is 3.46. The summed E-state index contributed by atoms with van der Waals surface area (Å²) in [7, 11) is 0. The molecule has 0 unspecified atom stereocenters. The van der Waals surface area contributed by atoms with E-state index in [1.54, 1.807) is 6.07 Å². The first-order valence-corrected chi connectivity index (χ1v) is 6.51. The van der Waals surface area contributed by atoms with Crippen molar-refractivity contribution < 1.29 is 9.84 Å². The first-order valence-electron chi connectivity index (χ1n) is 6.13. The minimum Gasteiger partial charge on any atom is -0.439 e. The summed E-state index contributed by atoms with van der Waals surface area (Å²) in [5, 5.41) is 9.57. The van der Waals surface area contributed by atoms with Gasteiger partial charge < -0.3 is 9.84 Å². The van der Waals surface area contributed by atoms with Gasteiger partial charge in [0.05, 0.1) is 11.6 Å². The van der Waals surface area contributed by atoms with Gasteiger partial charge in [0.15, 0.2) is 0 Å². The molecule has 1 aromatic carbocycles. The van der Waals surface area contributed by atoms with Crippen molar-refractivity contribution in [3.63, 3.8) is 0 Å². The molecule has 0 atom stereocenters. The van der Waals surface area contributed by atoms with Gasteiger partial charge in [0.1, 0.15) is 5.75 Å². The fourth-order valence-electron chi connectivity index (χ4n) is 1.68. The topological polar surface area (TPSA) is 42.4 Å². The molecule has 4 heteroatoms. The number of ether oxygens (including phenoxy) is 1. The zero-order valence-corrected chi connectivity index (χ0v) is 11.7. The summed E-state index contributed by atoms with van der Waals surface area (Å²) in [6, 6.07) is 9.51. The Morgan fingerprint density at radius 3 is 2.53 bits per heavy atom. The van der Waals surface area contributed by atoms with Crippen molar-refractivity contribution in [2.75, 3.05) is 0 Å². The monoisotopic (exact) mass is 277 g/mol. The molecule has 0 spiro atoms. The summed E-state index contributed by atoms with van der Waals surface area (Å²) in [4.78, 5) is 4.07. The highest BCUT2D eigenvalue weighted by atomic mass is 35.5. The van der Waals surface area contributed by atoms with Crippen LogP contribution in [0.5, 0.6) is 11.6 Å². The Morgan fingerprint density at radius 2 is 1.95 bits per heavy atom. The molecule has 0 amide bonds. The van der Waals surface area contributed by atoms with Crippen molar-refractivity contribution in [3.05, 3.63) is 52.7 Å². The van der Waals surface area contributed by atoms with Gasteiger partial charge in [-0.2, -0.15) is 0 Å². The number of rotatable bonds is 4. The number of benzene rings is 1. The smallest absolute Gasteiger partial charge is 0.219 e. The largest absolute Gasteiger partial charge is 0.439 e. The van der Waals surface area contributed by atoms with Crippen LogP contribution in [0.4, 0.5) is 0 Å². The lowest BCUT2D eigenvalue weighted by molar-refractivity contribution is 0.281. The molecule has 0 aliphatic carbocycles. The number of hydrogen-bond donors (Lipinski definition) is 1. The molecule has 100 valence electrons. The van der Waals surface area contributed by atoms with E-state index in [-0.39, 0.29) is 6.61 Å². The van der Waals surface area contributed by atoms with Crippen molar-refractivity contribution in [1.82, 2.24) is 4.98 Å². The van der Waals surface area contributed by atoms with Crippen molar-refractivity contribution in [2.45, 2.75) is 26.4 Å². The molecule has 0 saturated heterocycles. The number of aliphatic hydroxyl groups excluding tert-OH is 1. The van der Waals surface area contributed by atoms with Crippen molar-refractivity contribution in [3.8, 4) is 11.6 Å². The highest BCUT2D eigenvalue weighted by Gasteiger charge is 2.05. The lowest BCUT2D eigenvalue weighted by atomic mass is 10.0. The Kier molecular flexibility index (Phi) is 4.40. The van der Waals surface area contributed by atoms with Crippen LogP contribution in [0.15, 0.2) is 36.5 Å². The second-order valence-electron chi connectivity index (χ2n) is 4.60. The molecule has 1 aromatic heterocycles. The second-order valence-corrected chi connectivity index (χ2v) is 5.01. The summed E-state index contributed by atoms with van der Waals surface area (Å²) < 4.78 is 5.63. The molecule has 0 aliphatic rings. The lowest BCUT2D eigenvalue weighted by Crippen LogP contribution is -1.93. The van der Waals surface area contributed by atoms with Crippen LogP contribution in [-0.2, 0) is 6.61 Å². The van der Waals surface area contributed by atoms with Gasteiger partial charge in [0.25, 0.3) is 0 Å². The van der Waals surface area contributed by atoms with Crippen LogP contribution < -0.4 is 4.74 Å². The number of aliphatic hydroxyl groups is 1. The Morgan fingerprint density at radius 1 is 1.26 bits per heavy atom. The maximum absolute atomic E-state index is 9.14. The zero-order valence-electron chi connectivity index (χ0n) is 10.9. The normalized spacial score (nSPS) is 10.8. The molecular formula is C15H16ClNO2. The number of hydrogen-bond acceptors (Lipinski definition) is 3. The Balaban J connectivity index is 2.16. The minimum absolute atomic E-state index is 0.135. The number of halogens is 1. The highest BCUT2D eigenvalue weighted by Crippen LogP contribution is 2.25. The molecule has 0 fully saturated rings. The summed E-state index contributed by atoms with van der Waals surface area (Å²) >= 11 is 5.88. The summed E-state index contributed by atoms with van der Waals surface area (Å²) in [6.07, 6.45) is 1.48. The van der Waals surface area contributed by atoms with Crippen LogP contribution in [0.1, 0.15) is 30.9 Å². The first kappa shape index (κ1) is 13.8. The maximum Gasteiger partial charge on any atom is 0.219 e. The number of pyridine rings is 1. The third-order valence-electron chi connectivity index (χ3n) is 2.85. The van der Waals surface area contributed by atoms with Crippen LogP contribution in [-0.4, -0.2) is 10.1 Å². The van der Waals surface area contributed by atoms with Crippen LogP contribution in [0, 0.1) is 0 Å². The van der Waals surface area contributed by atoms with E-state index in [0.717, 1.165) is 0 Å². The van der Waals surface area contributed by atoms with Crippen LogP contribution in [0.25, 0.3) is 0 Å². The van der Waals surface area contributed by atoms with E-state index >= 15 is 0 Å². The minimum atomic E-state index is -0.135. The van der Waals surface area contributed by atoms with E-state index in [9.17, 15) is 0 Å². The van der Waals surface area contributed by atoms with Crippen molar-refractivity contribution >= 4 is 11.6 Å². The van der Waals surface area contributed by atoms with Gasteiger partial charge in [-0.1, -0.05) is 37.6 Å². The van der Waals surface area contributed by atoms with Gasteiger partial charge in [-0.05, 0) is 23.6 Å². The van der Waals surface area contributed by atoms with Crippen LogP contribution in [0.3, 0.4) is 0 Å². The molecule has 0 radical (unpaired) electrons. The molecule has 2 aromatic rings. The maximum atomic E-state index is 9.14.